The first kappa shape index (κ1) is 17.4. The average molecular weight is 338 g/mol. The van der Waals surface area contributed by atoms with Gasteiger partial charge in [-0.1, -0.05) is 42.5 Å². The van der Waals surface area contributed by atoms with Crippen LogP contribution in [0.4, 0.5) is 11.8 Å². The molecule has 0 bridgehead atoms. The molecule has 6 heteroatoms. The summed E-state index contributed by atoms with van der Waals surface area (Å²) in [5.41, 5.74) is 6.76. The largest absolute Gasteiger partial charge is 0.354 e. The van der Waals surface area contributed by atoms with E-state index in [2.05, 4.69) is 61.5 Å². The predicted molar refractivity (Wildman–Crippen MR) is 104 cm³/mol. The number of hydrogen-bond donors (Lipinski definition) is 2. The minimum atomic E-state index is 0.572. The van der Waals surface area contributed by atoms with Crippen molar-refractivity contribution < 1.29 is 0 Å². The first-order valence-electron chi connectivity index (χ1n) is 8.81. The Labute approximate surface area is 149 Å². The zero-order valence-electron chi connectivity index (χ0n) is 14.5. The topological polar surface area (TPSA) is 70.3 Å². The van der Waals surface area contributed by atoms with Crippen molar-refractivity contribution in [1.29, 1.82) is 0 Å². The lowest BCUT2D eigenvalue weighted by Gasteiger charge is -2.34. The Balaban J connectivity index is 1.48. The minimum absolute atomic E-state index is 0.572. The van der Waals surface area contributed by atoms with Gasteiger partial charge in [-0.2, -0.15) is 4.98 Å². The van der Waals surface area contributed by atoms with Crippen molar-refractivity contribution in [3.05, 3.63) is 54.2 Å². The summed E-state index contributed by atoms with van der Waals surface area (Å²) in [6, 6.07) is 12.4. The summed E-state index contributed by atoms with van der Waals surface area (Å²) in [6.07, 6.45) is 6.23. The van der Waals surface area contributed by atoms with E-state index in [9.17, 15) is 0 Å². The van der Waals surface area contributed by atoms with Crippen molar-refractivity contribution in [3.8, 4) is 0 Å². The molecule has 0 amide bonds. The van der Waals surface area contributed by atoms with E-state index in [-0.39, 0.29) is 0 Å². The van der Waals surface area contributed by atoms with Gasteiger partial charge in [0.1, 0.15) is 5.82 Å². The fraction of sp³-hybridized carbons (Fsp3) is 0.368. The minimum Gasteiger partial charge on any atom is -0.354 e. The maximum atomic E-state index is 5.51. The van der Waals surface area contributed by atoms with Crippen LogP contribution < -0.4 is 16.0 Å². The molecule has 2 heterocycles. The normalized spacial score (nSPS) is 15.6. The lowest BCUT2D eigenvalue weighted by Crippen LogP contribution is -2.46. The second kappa shape index (κ2) is 9.15. The molecule has 25 heavy (non-hydrogen) atoms. The fourth-order valence-electron chi connectivity index (χ4n) is 2.86. The van der Waals surface area contributed by atoms with Crippen LogP contribution in [0.25, 0.3) is 6.08 Å². The van der Waals surface area contributed by atoms with Crippen LogP contribution >= 0.6 is 0 Å². The Morgan fingerprint density at radius 1 is 1.08 bits per heavy atom. The zero-order chi connectivity index (χ0) is 17.3. The van der Waals surface area contributed by atoms with Crippen LogP contribution in [-0.2, 0) is 0 Å². The first-order chi connectivity index (χ1) is 12.3. The summed E-state index contributed by atoms with van der Waals surface area (Å²) >= 11 is 0. The Morgan fingerprint density at radius 3 is 2.64 bits per heavy atom. The van der Waals surface area contributed by atoms with Crippen molar-refractivity contribution in [2.75, 3.05) is 56.0 Å². The lowest BCUT2D eigenvalue weighted by atomic mass is 10.2. The van der Waals surface area contributed by atoms with Crippen LogP contribution in [0.3, 0.4) is 0 Å². The summed E-state index contributed by atoms with van der Waals surface area (Å²) in [5.74, 6) is 1.63. The number of nitrogens with one attached hydrogen (secondary N) is 1. The number of anilines is 2. The molecule has 0 radical (unpaired) electrons. The molecule has 3 N–H and O–H groups in total. The molecule has 0 aliphatic carbocycles. The molecule has 1 saturated heterocycles. The van der Waals surface area contributed by atoms with E-state index in [1.54, 1.807) is 6.20 Å². The second-order valence-electron chi connectivity index (χ2n) is 6.05. The van der Waals surface area contributed by atoms with Crippen molar-refractivity contribution >= 4 is 17.8 Å². The molecule has 0 atom stereocenters. The highest BCUT2D eigenvalue weighted by atomic mass is 15.3. The Morgan fingerprint density at radius 2 is 1.88 bits per heavy atom. The third-order valence-electron chi connectivity index (χ3n) is 4.24. The number of rotatable bonds is 7. The summed E-state index contributed by atoms with van der Waals surface area (Å²) in [6.45, 7) is 6.27. The summed E-state index contributed by atoms with van der Waals surface area (Å²) < 4.78 is 0. The molecular weight excluding hydrogens is 312 g/mol. The van der Waals surface area contributed by atoms with Crippen LogP contribution in [0.2, 0.25) is 0 Å². The molecule has 3 rings (SSSR count). The van der Waals surface area contributed by atoms with Gasteiger partial charge >= 0.3 is 0 Å². The molecule has 0 spiro atoms. The molecular formula is C19H26N6. The highest BCUT2D eigenvalue weighted by Gasteiger charge is 2.17. The maximum absolute atomic E-state index is 5.51. The van der Waals surface area contributed by atoms with Crippen molar-refractivity contribution in [2.24, 2.45) is 5.73 Å². The molecule has 6 nitrogen and oxygen atoms in total. The molecule has 0 saturated carbocycles. The number of nitrogens with two attached hydrogens (primary N) is 1. The number of aromatic nitrogens is 2. The van der Waals surface area contributed by atoms with Gasteiger partial charge in [-0.25, -0.2) is 4.98 Å². The standard InChI is InChI=1S/C19H26N6/c20-9-11-22-19-21-10-8-18(23-19)25-15-13-24(14-16-25)12-4-7-17-5-2-1-3-6-17/h1-8,10H,9,11-16,20H2,(H,21,22,23)/b7-4+. The molecule has 0 unspecified atom stereocenters. The number of nitrogens with zero attached hydrogens (tertiary/aromatic N) is 4. The van der Waals surface area contributed by atoms with Crippen molar-refractivity contribution in [3.63, 3.8) is 0 Å². The Kier molecular flexibility index (Phi) is 6.36. The number of hydrogen-bond acceptors (Lipinski definition) is 6. The number of benzene rings is 1. The van der Waals surface area contributed by atoms with Gasteiger partial charge in [0, 0.05) is 52.0 Å². The molecule has 1 aromatic carbocycles. The van der Waals surface area contributed by atoms with Gasteiger partial charge in [0.2, 0.25) is 5.95 Å². The highest BCUT2D eigenvalue weighted by Crippen LogP contribution is 2.14. The van der Waals surface area contributed by atoms with Gasteiger partial charge in [-0.05, 0) is 11.6 Å². The lowest BCUT2D eigenvalue weighted by molar-refractivity contribution is 0.283. The zero-order valence-corrected chi connectivity index (χ0v) is 14.5. The van der Waals surface area contributed by atoms with Gasteiger partial charge in [0.25, 0.3) is 0 Å². The number of piperazine rings is 1. The molecule has 132 valence electrons. The monoisotopic (exact) mass is 338 g/mol. The highest BCUT2D eigenvalue weighted by molar-refractivity contribution is 5.49. The van der Waals surface area contributed by atoms with E-state index in [0.29, 0.717) is 19.0 Å². The van der Waals surface area contributed by atoms with Crippen LogP contribution in [0, 0.1) is 0 Å². The molecule has 2 aromatic rings. The average Bonchev–Trinajstić information content (AvgIpc) is 2.68. The fourth-order valence-corrected chi connectivity index (χ4v) is 2.86. The van der Waals surface area contributed by atoms with Gasteiger partial charge in [-0.3, -0.25) is 4.90 Å². The molecule has 1 aliphatic heterocycles. The van der Waals surface area contributed by atoms with Crippen molar-refractivity contribution in [2.45, 2.75) is 0 Å². The summed E-state index contributed by atoms with van der Waals surface area (Å²) in [7, 11) is 0. The second-order valence-corrected chi connectivity index (χ2v) is 6.05. The molecule has 1 aliphatic rings. The third-order valence-corrected chi connectivity index (χ3v) is 4.24. The predicted octanol–water partition coefficient (Wildman–Crippen LogP) is 1.68. The summed E-state index contributed by atoms with van der Waals surface area (Å²) in [5, 5.41) is 3.13. The Bertz CT molecular complexity index is 665. The van der Waals surface area contributed by atoms with E-state index >= 15 is 0 Å². The van der Waals surface area contributed by atoms with E-state index < -0.39 is 0 Å². The maximum Gasteiger partial charge on any atom is 0.224 e. The van der Waals surface area contributed by atoms with E-state index in [1.165, 1.54) is 5.56 Å². The van der Waals surface area contributed by atoms with Gasteiger partial charge in [-0.15, -0.1) is 0 Å². The molecule has 1 fully saturated rings. The van der Waals surface area contributed by atoms with E-state index in [1.807, 2.05) is 12.1 Å². The smallest absolute Gasteiger partial charge is 0.224 e. The summed E-state index contributed by atoms with van der Waals surface area (Å²) in [4.78, 5) is 13.6. The first-order valence-corrected chi connectivity index (χ1v) is 8.81. The van der Waals surface area contributed by atoms with Crippen LogP contribution in [-0.4, -0.2) is 60.7 Å². The van der Waals surface area contributed by atoms with E-state index in [4.69, 9.17) is 5.73 Å². The van der Waals surface area contributed by atoms with Crippen LogP contribution in [0.15, 0.2) is 48.7 Å². The van der Waals surface area contributed by atoms with Crippen molar-refractivity contribution in [1.82, 2.24) is 14.9 Å². The van der Waals surface area contributed by atoms with Gasteiger partial charge < -0.3 is 16.0 Å². The molecule has 1 aromatic heterocycles. The van der Waals surface area contributed by atoms with Gasteiger partial charge in [0.15, 0.2) is 0 Å². The Hall–Kier alpha value is -2.44. The third kappa shape index (κ3) is 5.27. The van der Waals surface area contributed by atoms with E-state index in [0.717, 1.165) is 38.5 Å². The quantitative estimate of drug-likeness (QED) is 0.800. The van der Waals surface area contributed by atoms with Crippen LogP contribution in [0.1, 0.15) is 5.56 Å². The van der Waals surface area contributed by atoms with Gasteiger partial charge in [0.05, 0.1) is 0 Å². The SMILES string of the molecule is NCCNc1nccc(N2CCN(C/C=C/c3ccccc3)CC2)n1. The van der Waals surface area contributed by atoms with Crippen LogP contribution in [0.5, 0.6) is 0 Å².